The van der Waals surface area contributed by atoms with E-state index < -0.39 is 0 Å². The van der Waals surface area contributed by atoms with Gasteiger partial charge < -0.3 is 16.2 Å². The van der Waals surface area contributed by atoms with Gasteiger partial charge in [0.2, 0.25) is 0 Å². The number of halogens is 1. The number of hydrogen-bond acceptors (Lipinski definition) is 3. The van der Waals surface area contributed by atoms with Crippen molar-refractivity contribution in [1.82, 2.24) is 0 Å². The van der Waals surface area contributed by atoms with E-state index >= 15 is 0 Å². The van der Waals surface area contributed by atoms with Crippen LogP contribution in [0.2, 0.25) is 0 Å². The molecule has 0 fully saturated rings. The van der Waals surface area contributed by atoms with Crippen molar-refractivity contribution in [2.75, 3.05) is 11.1 Å². The fraction of sp³-hybridized carbons (Fsp3) is 0.0714. The van der Waals surface area contributed by atoms with Crippen LogP contribution in [-0.2, 0) is 0 Å². The third-order valence-corrected chi connectivity index (χ3v) is 3.45. The number of amides is 1. The van der Waals surface area contributed by atoms with Crippen LogP contribution in [0.1, 0.15) is 15.9 Å². The summed E-state index contributed by atoms with van der Waals surface area (Å²) in [5.74, 6) is -0.194. The molecule has 98 valence electrons. The monoisotopic (exact) mass is 320 g/mol. The van der Waals surface area contributed by atoms with E-state index in [1.807, 2.05) is 0 Å². The molecule has 0 saturated heterocycles. The Morgan fingerprint density at radius 2 is 2.00 bits per heavy atom. The number of nitrogen functional groups attached to an aromatic ring is 1. The maximum atomic E-state index is 12.0. The minimum atomic E-state index is -0.294. The number of carbonyl (C=O) groups excluding carboxylic acids is 1. The lowest BCUT2D eigenvalue weighted by Gasteiger charge is -2.08. The first kappa shape index (κ1) is 13.4. The highest BCUT2D eigenvalue weighted by atomic mass is 79.9. The number of benzene rings is 2. The molecule has 0 spiro atoms. The average molecular weight is 321 g/mol. The van der Waals surface area contributed by atoms with Crippen LogP contribution in [0.5, 0.6) is 5.75 Å². The smallest absolute Gasteiger partial charge is 0.255 e. The Morgan fingerprint density at radius 1 is 1.26 bits per heavy atom. The Balaban J connectivity index is 2.20. The van der Waals surface area contributed by atoms with Gasteiger partial charge in [-0.2, -0.15) is 0 Å². The summed E-state index contributed by atoms with van der Waals surface area (Å²) in [5, 5.41) is 12.3. The van der Waals surface area contributed by atoms with Crippen molar-refractivity contribution in [3.05, 3.63) is 52.0 Å². The summed E-state index contributed by atoms with van der Waals surface area (Å²) < 4.78 is 0.776. The topological polar surface area (TPSA) is 75.4 Å². The zero-order valence-electron chi connectivity index (χ0n) is 10.3. The predicted molar refractivity (Wildman–Crippen MR) is 79.4 cm³/mol. The van der Waals surface area contributed by atoms with E-state index in [1.165, 1.54) is 6.07 Å². The number of rotatable bonds is 2. The van der Waals surface area contributed by atoms with Crippen LogP contribution < -0.4 is 11.1 Å². The van der Waals surface area contributed by atoms with Crippen LogP contribution >= 0.6 is 15.9 Å². The molecular weight excluding hydrogens is 308 g/mol. The van der Waals surface area contributed by atoms with Gasteiger partial charge in [-0.15, -0.1) is 0 Å². The van der Waals surface area contributed by atoms with E-state index in [1.54, 1.807) is 37.3 Å². The minimum Gasteiger partial charge on any atom is -0.508 e. The molecule has 1 amide bonds. The molecule has 0 saturated carbocycles. The zero-order valence-corrected chi connectivity index (χ0v) is 11.9. The molecule has 0 heterocycles. The molecule has 0 aliphatic rings. The SMILES string of the molecule is Cc1ccc(C(=O)Nc2ccc(Br)c(N)c2)cc1O. The third-order valence-electron chi connectivity index (χ3n) is 2.73. The van der Waals surface area contributed by atoms with E-state index in [2.05, 4.69) is 21.2 Å². The van der Waals surface area contributed by atoms with E-state index in [9.17, 15) is 9.90 Å². The Morgan fingerprint density at radius 3 is 2.63 bits per heavy atom. The van der Waals surface area contributed by atoms with Crippen molar-refractivity contribution in [2.45, 2.75) is 6.92 Å². The highest BCUT2D eigenvalue weighted by Crippen LogP contribution is 2.24. The number of anilines is 2. The third kappa shape index (κ3) is 3.06. The molecular formula is C14H13BrN2O2. The molecule has 0 aliphatic heterocycles. The molecule has 0 aliphatic carbocycles. The molecule has 5 heteroatoms. The highest BCUT2D eigenvalue weighted by Gasteiger charge is 2.08. The first-order chi connectivity index (χ1) is 8.97. The second-order valence-corrected chi connectivity index (χ2v) is 5.05. The molecule has 0 aromatic heterocycles. The lowest BCUT2D eigenvalue weighted by molar-refractivity contribution is 0.102. The summed E-state index contributed by atoms with van der Waals surface area (Å²) in [6, 6.07) is 9.96. The van der Waals surface area contributed by atoms with Gasteiger partial charge in [-0.3, -0.25) is 4.79 Å². The average Bonchev–Trinajstić information content (AvgIpc) is 2.37. The Kier molecular flexibility index (Phi) is 3.76. The van der Waals surface area contributed by atoms with Crippen LogP contribution in [0.3, 0.4) is 0 Å². The molecule has 0 unspecified atom stereocenters. The van der Waals surface area contributed by atoms with Crippen molar-refractivity contribution in [2.24, 2.45) is 0 Å². The largest absolute Gasteiger partial charge is 0.508 e. The Labute approximate surface area is 119 Å². The number of aromatic hydroxyl groups is 1. The van der Waals surface area contributed by atoms with Crippen molar-refractivity contribution in [3.63, 3.8) is 0 Å². The van der Waals surface area contributed by atoms with E-state index in [-0.39, 0.29) is 11.7 Å². The molecule has 4 N–H and O–H groups in total. The lowest BCUT2D eigenvalue weighted by Crippen LogP contribution is -2.12. The number of aryl methyl sites for hydroxylation is 1. The van der Waals surface area contributed by atoms with Gasteiger partial charge in [-0.25, -0.2) is 0 Å². The summed E-state index contributed by atoms with van der Waals surface area (Å²) in [6.45, 7) is 1.77. The van der Waals surface area contributed by atoms with Crippen LogP contribution in [0.4, 0.5) is 11.4 Å². The van der Waals surface area contributed by atoms with Gasteiger partial charge in [0.05, 0.1) is 0 Å². The molecule has 19 heavy (non-hydrogen) atoms. The number of nitrogens with two attached hydrogens (primary N) is 1. The summed E-state index contributed by atoms with van der Waals surface area (Å²) in [4.78, 5) is 12.0. The van der Waals surface area contributed by atoms with Crippen molar-refractivity contribution in [3.8, 4) is 5.75 Å². The molecule has 2 aromatic carbocycles. The quantitative estimate of drug-likeness (QED) is 0.743. The minimum absolute atomic E-state index is 0.1000. The molecule has 4 nitrogen and oxygen atoms in total. The van der Waals surface area contributed by atoms with Crippen molar-refractivity contribution >= 4 is 33.2 Å². The normalized spacial score (nSPS) is 10.2. The first-order valence-corrected chi connectivity index (χ1v) is 6.42. The number of phenols is 1. The second kappa shape index (κ2) is 5.32. The maximum Gasteiger partial charge on any atom is 0.255 e. The van der Waals surface area contributed by atoms with Crippen LogP contribution in [0.25, 0.3) is 0 Å². The standard InChI is InChI=1S/C14H13BrN2O2/c1-8-2-3-9(6-13(8)18)14(19)17-10-4-5-11(15)12(16)7-10/h2-7,18H,16H2,1H3,(H,17,19). The van der Waals surface area contributed by atoms with Crippen molar-refractivity contribution < 1.29 is 9.90 Å². The number of nitrogens with one attached hydrogen (secondary N) is 1. The van der Waals surface area contributed by atoms with Crippen molar-refractivity contribution in [1.29, 1.82) is 0 Å². The maximum absolute atomic E-state index is 12.0. The lowest BCUT2D eigenvalue weighted by atomic mass is 10.1. The van der Waals surface area contributed by atoms with Gasteiger partial charge in [-0.05, 0) is 58.7 Å². The van der Waals surface area contributed by atoms with Gasteiger partial charge in [-0.1, -0.05) is 6.07 Å². The summed E-state index contributed by atoms with van der Waals surface area (Å²) in [5.41, 5.74) is 8.01. The number of hydrogen-bond donors (Lipinski definition) is 3. The first-order valence-electron chi connectivity index (χ1n) is 5.63. The van der Waals surface area contributed by atoms with E-state index in [0.29, 0.717) is 16.9 Å². The fourth-order valence-corrected chi connectivity index (χ4v) is 1.82. The van der Waals surface area contributed by atoms with Gasteiger partial charge in [0.15, 0.2) is 0 Å². The second-order valence-electron chi connectivity index (χ2n) is 4.19. The Hall–Kier alpha value is -2.01. The van der Waals surface area contributed by atoms with E-state index in [4.69, 9.17) is 5.73 Å². The number of carbonyl (C=O) groups is 1. The molecule has 2 rings (SSSR count). The fourth-order valence-electron chi connectivity index (χ4n) is 1.58. The summed E-state index contributed by atoms with van der Waals surface area (Å²) in [6.07, 6.45) is 0. The summed E-state index contributed by atoms with van der Waals surface area (Å²) in [7, 11) is 0. The van der Waals surface area contributed by atoms with Gasteiger partial charge in [0, 0.05) is 21.4 Å². The Bertz CT molecular complexity index is 641. The molecule has 0 bridgehead atoms. The predicted octanol–water partition coefficient (Wildman–Crippen LogP) is 3.30. The molecule has 0 atom stereocenters. The van der Waals surface area contributed by atoms with Gasteiger partial charge in [0.1, 0.15) is 5.75 Å². The van der Waals surface area contributed by atoms with Gasteiger partial charge in [0.25, 0.3) is 5.91 Å². The van der Waals surface area contributed by atoms with Crippen LogP contribution in [0, 0.1) is 6.92 Å². The highest BCUT2D eigenvalue weighted by molar-refractivity contribution is 9.10. The molecule has 2 aromatic rings. The van der Waals surface area contributed by atoms with E-state index in [0.717, 1.165) is 10.0 Å². The van der Waals surface area contributed by atoms with Crippen LogP contribution in [-0.4, -0.2) is 11.0 Å². The summed E-state index contributed by atoms with van der Waals surface area (Å²) >= 11 is 3.29. The number of phenolic OH excluding ortho intramolecular Hbond substituents is 1. The van der Waals surface area contributed by atoms with Gasteiger partial charge >= 0.3 is 0 Å². The van der Waals surface area contributed by atoms with Crippen LogP contribution in [0.15, 0.2) is 40.9 Å². The zero-order chi connectivity index (χ0) is 14.0. The molecule has 0 radical (unpaired) electrons.